The molecule has 0 N–H and O–H groups in total. The molecule has 0 saturated carbocycles. The van der Waals surface area contributed by atoms with Crippen molar-refractivity contribution < 1.29 is 0 Å². The van der Waals surface area contributed by atoms with E-state index in [4.69, 9.17) is 5.26 Å². The van der Waals surface area contributed by atoms with E-state index in [0.717, 1.165) is 6.54 Å². The second kappa shape index (κ2) is 3.02. The maximum Gasteiger partial charge on any atom is 0.134 e. The van der Waals surface area contributed by atoms with E-state index in [2.05, 4.69) is 43.9 Å². The van der Waals surface area contributed by atoms with Gasteiger partial charge in [-0.15, -0.1) is 0 Å². The smallest absolute Gasteiger partial charge is 0.134 e. The van der Waals surface area contributed by atoms with Crippen LogP contribution in [0.15, 0.2) is 12.1 Å². The number of nitrogens with zero attached hydrogens (tertiary/aromatic N) is 2. The third-order valence-electron chi connectivity index (χ3n) is 2.68. The Hall–Kier alpha value is -1.49. The molecule has 2 nitrogen and oxygen atoms in total. The average Bonchev–Trinajstić information content (AvgIpc) is 2.81. The molecule has 14 heavy (non-hydrogen) atoms. The molecule has 0 amide bonds. The van der Waals surface area contributed by atoms with Crippen LogP contribution in [0.5, 0.6) is 0 Å². The zero-order valence-electron chi connectivity index (χ0n) is 8.83. The molecular formula is C12H14N2. The molecule has 1 aliphatic heterocycles. The van der Waals surface area contributed by atoms with E-state index in [1.165, 1.54) is 22.4 Å². The molecule has 1 aliphatic rings. The van der Waals surface area contributed by atoms with Crippen LogP contribution in [0.4, 0.5) is 5.69 Å². The van der Waals surface area contributed by atoms with Crippen LogP contribution in [0.3, 0.4) is 0 Å². The molecule has 0 spiro atoms. The van der Waals surface area contributed by atoms with E-state index >= 15 is 0 Å². The van der Waals surface area contributed by atoms with Crippen molar-refractivity contribution in [3.8, 4) is 6.07 Å². The summed E-state index contributed by atoms with van der Waals surface area (Å²) in [7, 11) is 0. The van der Waals surface area contributed by atoms with Crippen molar-refractivity contribution in [2.24, 2.45) is 0 Å². The lowest BCUT2D eigenvalue weighted by molar-refractivity contribution is 1.20. The predicted molar refractivity (Wildman–Crippen MR) is 57.4 cm³/mol. The van der Waals surface area contributed by atoms with Gasteiger partial charge in [0.2, 0.25) is 0 Å². The Bertz CT molecular complexity index is 392. The van der Waals surface area contributed by atoms with Crippen LogP contribution in [-0.4, -0.2) is 12.6 Å². The van der Waals surface area contributed by atoms with Crippen molar-refractivity contribution in [3.05, 3.63) is 28.8 Å². The Morgan fingerprint density at radius 3 is 2.29 bits per heavy atom. The molecule has 1 fully saturated rings. The predicted octanol–water partition coefficient (Wildman–Crippen LogP) is 2.32. The number of hydrogen-bond acceptors (Lipinski definition) is 2. The van der Waals surface area contributed by atoms with Gasteiger partial charge in [0.25, 0.3) is 0 Å². The summed E-state index contributed by atoms with van der Waals surface area (Å²) in [5.74, 6) is 0. The van der Waals surface area contributed by atoms with E-state index in [9.17, 15) is 0 Å². The quantitative estimate of drug-likeness (QED) is 0.629. The van der Waals surface area contributed by atoms with Crippen LogP contribution in [0.1, 0.15) is 16.7 Å². The number of hydrogen-bond donors (Lipinski definition) is 0. The van der Waals surface area contributed by atoms with E-state index in [1.54, 1.807) is 0 Å². The number of rotatable bonds is 1. The van der Waals surface area contributed by atoms with Crippen LogP contribution in [-0.2, 0) is 0 Å². The van der Waals surface area contributed by atoms with Gasteiger partial charge in [-0.1, -0.05) is 17.7 Å². The van der Waals surface area contributed by atoms with Gasteiger partial charge in [-0.3, -0.25) is 0 Å². The number of anilines is 1. The second-order valence-electron chi connectivity index (χ2n) is 4.04. The summed E-state index contributed by atoms with van der Waals surface area (Å²) in [5, 5.41) is 8.78. The molecule has 1 heterocycles. The van der Waals surface area contributed by atoms with Crippen LogP contribution in [0.25, 0.3) is 0 Å². The van der Waals surface area contributed by atoms with Gasteiger partial charge in [0, 0.05) is 5.69 Å². The van der Waals surface area contributed by atoms with Crippen molar-refractivity contribution in [3.63, 3.8) is 0 Å². The Kier molecular flexibility index (Phi) is 1.96. The third-order valence-corrected chi connectivity index (χ3v) is 2.68. The molecule has 2 heteroatoms. The Morgan fingerprint density at radius 1 is 1.29 bits per heavy atom. The maximum absolute atomic E-state index is 8.78. The van der Waals surface area contributed by atoms with Crippen LogP contribution < -0.4 is 4.90 Å². The SMILES string of the molecule is Cc1cc(C)c(N2CC2C#N)c(C)c1. The van der Waals surface area contributed by atoms with E-state index in [1.807, 2.05) is 0 Å². The molecule has 72 valence electrons. The molecule has 1 saturated heterocycles. The summed E-state index contributed by atoms with van der Waals surface area (Å²) < 4.78 is 0. The molecule has 1 unspecified atom stereocenters. The second-order valence-corrected chi connectivity index (χ2v) is 4.04. The first kappa shape index (κ1) is 9.08. The highest BCUT2D eigenvalue weighted by atomic mass is 15.3. The fraction of sp³-hybridized carbons (Fsp3) is 0.417. The first-order chi connectivity index (χ1) is 6.63. The number of aryl methyl sites for hydroxylation is 3. The lowest BCUT2D eigenvalue weighted by atomic mass is 10.1. The summed E-state index contributed by atoms with van der Waals surface area (Å²) in [5.41, 5.74) is 5.10. The van der Waals surface area contributed by atoms with Gasteiger partial charge in [0.1, 0.15) is 6.04 Å². The lowest BCUT2D eigenvalue weighted by Crippen LogP contribution is -2.01. The van der Waals surface area contributed by atoms with E-state index in [-0.39, 0.29) is 6.04 Å². The van der Waals surface area contributed by atoms with Gasteiger partial charge in [-0.2, -0.15) is 5.26 Å². The first-order valence-electron chi connectivity index (χ1n) is 4.87. The molecule has 1 aromatic rings. The lowest BCUT2D eigenvalue weighted by Gasteiger charge is -2.12. The summed E-state index contributed by atoms with van der Waals surface area (Å²) in [6.45, 7) is 7.22. The first-order valence-corrected chi connectivity index (χ1v) is 4.87. The van der Waals surface area contributed by atoms with Crippen LogP contribution >= 0.6 is 0 Å². The molecule has 0 radical (unpaired) electrons. The molecule has 1 aromatic carbocycles. The van der Waals surface area contributed by atoms with Gasteiger partial charge >= 0.3 is 0 Å². The zero-order valence-corrected chi connectivity index (χ0v) is 8.83. The topological polar surface area (TPSA) is 26.8 Å². The van der Waals surface area contributed by atoms with Gasteiger partial charge in [0.05, 0.1) is 12.6 Å². The fourth-order valence-electron chi connectivity index (χ4n) is 2.12. The number of benzene rings is 1. The highest BCUT2D eigenvalue weighted by Gasteiger charge is 2.35. The van der Waals surface area contributed by atoms with Crippen molar-refractivity contribution in [1.82, 2.24) is 0 Å². The van der Waals surface area contributed by atoms with E-state index in [0.29, 0.717) is 0 Å². The fourth-order valence-corrected chi connectivity index (χ4v) is 2.12. The minimum Gasteiger partial charge on any atom is -0.351 e. The Labute approximate surface area is 84.8 Å². The van der Waals surface area contributed by atoms with Crippen molar-refractivity contribution >= 4 is 5.69 Å². The third kappa shape index (κ3) is 1.35. The molecule has 1 atom stereocenters. The highest BCUT2D eigenvalue weighted by molar-refractivity contribution is 5.66. The van der Waals surface area contributed by atoms with Crippen molar-refractivity contribution in [1.29, 1.82) is 5.26 Å². The normalized spacial score (nSPS) is 19.3. The van der Waals surface area contributed by atoms with Gasteiger partial charge in [-0.25, -0.2) is 0 Å². The minimum absolute atomic E-state index is 0.107. The van der Waals surface area contributed by atoms with Gasteiger partial charge in [0.15, 0.2) is 0 Å². The molecular weight excluding hydrogens is 172 g/mol. The molecule has 0 bridgehead atoms. The summed E-state index contributed by atoms with van der Waals surface area (Å²) >= 11 is 0. The molecule has 2 rings (SSSR count). The minimum atomic E-state index is 0.107. The van der Waals surface area contributed by atoms with E-state index < -0.39 is 0 Å². The molecule has 0 aliphatic carbocycles. The van der Waals surface area contributed by atoms with Crippen LogP contribution in [0.2, 0.25) is 0 Å². The Morgan fingerprint density at radius 2 is 1.86 bits per heavy atom. The largest absolute Gasteiger partial charge is 0.351 e. The van der Waals surface area contributed by atoms with Gasteiger partial charge in [-0.05, 0) is 31.9 Å². The van der Waals surface area contributed by atoms with Crippen molar-refractivity contribution in [2.75, 3.05) is 11.4 Å². The van der Waals surface area contributed by atoms with Gasteiger partial charge < -0.3 is 4.90 Å². The standard InChI is InChI=1S/C12H14N2/c1-8-4-9(2)12(10(3)5-8)14-7-11(14)6-13/h4-5,11H,7H2,1-3H3. The monoisotopic (exact) mass is 186 g/mol. The maximum atomic E-state index is 8.78. The summed E-state index contributed by atoms with van der Waals surface area (Å²) in [6, 6.07) is 6.74. The van der Waals surface area contributed by atoms with Crippen LogP contribution in [0, 0.1) is 32.1 Å². The summed E-state index contributed by atoms with van der Waals surface area (Å²) in [6.07, 6.45) is 0. The molecule has 0 aromatic heterocycles. The zero-order chi connectivity index (χ0) is 10.3. The summed E-state index contributed by atoms with van der Waals surface area (Å²) in [4.78, 5) is 2.16. The number of nitriles is 1. The Balaban J connectivity index is 2.40. The van der Waals surface area contributed by atoms with Crippen molar-refractivity contribution in [2.45, 2.75) is 26.8 Å². The highest BCUT2D eigenvalue weighted by Crippen LogP contribution is 2.34. The average molecular weight is 186 g/mol.